The van der Waals surface area contributed by atoms with E-state index < -0.39 is 6.10 Å². The summed E-state index contributed by atoms with van der Waals surface area (Å²) in [6.45, 7) is 6.50. The van der Waals surface area contributed by atoms with Gasteiger partial charge in [-0.1, -0.05) is 229 Å². The number of carbonyl (C=O) groups is 3. The van der Waals surface area contributed by atoms with Gasteiger partial charge in [-0.15, -0.1) is 0 Å². The van der Waals surface area contributed by atoms with Crippen molar-refractivity contribution < 1.29 is 28.6 Å². The summed E-state index contributed by atoms with van der Waals surface area (Å²) < 4.78 is 16.8. The molecule has 0 aliphatic heterocycles. The summed E-state index contributed by atoms with van der Waals surface area (Å²) in [5.41, 5.74) is 0. The molecule has 0 N–H and O–H groups in total. The fraction of sp³-hybridized carbons (Fsp3) is 0.764. The van der Waals surface area contributed by atoms with Crippen molar-refractivity contribution in [3.05, 3.63) is 60.8 Å². The van der Waals surface area contributed by atoms with Crippen LogP contribution in [0.1, 0.15) is 252 Å². The Kier molecular flexibility index (Phi) is 47.4. The second kappa shape index (κ2) is 49.8. The summed E-state index contributed by atoms with van der Waals surface area (Å²) >= 11 is 0. The lowest BCUT2D eigenvalue weighted by Gasteiger charge is -2.18. The predicted molar refractivity (Wildman–Crippen MR) is 261 cm³/mol. The molecule has 0 bridgehead atoms. The van der Waals surface area contributed by atoms with Gasteiger partial charge in [-0.3, -0.25) is 14.4 Å². The van der Waals surface area contributed by atoms with Crippen molar-refractivity contribution in [2.75, 3.05) is 13.2 Å². The first kappa shape index (κ1) is 58.1. The van der Waals surface area contributed by atoms with E-state index in [0.717, 1.165) is 96.3 Å². The molecule has 61 heavy (non-hydrogen) atoms. The largest absolute Gasteiger partial charge is 0.462 e. The van der Waals surface area contributed by atoms with Crippen LogP contribution >= 0.6 is 0 Å². The maximum atomic E-state index is 12.8. The van der Waals surface area contributed by atoms with E-state index >= 15 is 0 Å². The van der Waals surface area contributed by atoms with Crippen LogP contribution in [0.15, 0.2) is 60.8 Å². The molecule has 0 unspecified atom stereocenters. The van der Waals surface area contributed by atoms with Crippen LogP contribution < -0.4 is 0 Å². The highest BCUT2D eigenvalue weighted by Crippen LogP contribution is 2.15. The number of hydrogen-bond donors (Lipinski definition) is 0. The Morgan fingerprint density at radius 1 is 0.344 bits per heavy atom. The van der Waals surface area contributed by atoms with Gasteiger partial charge in [-0.25, -0.2) is 0 Å². The second-order valence-electron chi connectivity index (χ2n) is 17.1. The van der Waals surface area contributed by atoms with Crippen LogP contribution in [0.5, 0.6) is 0 Å². The lowest BCUT2D eigenvalue weighted by atomic mass is 10.0. The fourth-order valence-corrected chi connectivity index (χ4v) is 7.17. The quantitative estimate of drug-likeness (QED) is 0.0263. The van der Waals surface area contributed by atoms with Crippen molar-refractivity contribution in [3.63, 3.8) is 0 Å². The van der Waals surface area contributed by atoms with Crippen molar-refractivity contribution in [1.82, 2.24) is 0 Å². The molecule has 0 amide bonds. The fourth-order valence-electron chi connectivity index (χ4n) is 7.17. The Hall–Kier alpha value is -2.89. The van der Waals surface area contributed by atoms with Gasteiger partial charge in [0.15, 0.2) is 6.10 Å². The van der Waals surface area contributed by atoms with E-state index in [2.05, 4.69) is 81.5 Å². The van der Waals surface area contributed by atoms with Crippen LogP contribution in [0, 0.1) is 0 Å². The average Bonchev–Trinajstić information content (AvgIpc) is 3.26. The van der Waals surface area contributed by atoms with Crippen molar-refractivity contribution in [1.29, 1.82) is 0 Å². The maximum Gasteiger partial charge on any atom is 0.306 e. The second-order valence-corrected chi connectivity index (χ2v) is 17.1. The van der Waals surface area contributed by atoms with Crippen LogP contribution in [0.25, 0.3) is 0 Å². The van der Waals surface area contributed by atoms with Gasteiger partial charge in [0.2, 0.25) is 0 Å². The van der Waals surface area contributed by atoms with Crippen LogP contribution in [0.4, 0.5) is 0 Å². The summed E-state index contributed by atoms with van der Waals surface area (Å²) in [5.74, 6) is -0.910. The van der Waals surface area contributed by atoms with Crippen molar-refractivity contribution in [2.24, 2.45) is 0 Å². The number of hydrogen-bond acceptors (Lipinski definition) is 6. The molecule has 6 heteroatoms. The van der Waals surface area contributed by atoms with Crippen LogP contribution in [-0.4, -0.2) is 37.2 Å². The molecule has 0 aromatic rings. The Labute approximate surface area is 377 Å². The van der Waals surface area contributed by atoms with Crippen LogP contribution in [0.3, 0.4) is 0 Å². The Balaban J connectivity index is 4.39. The third-order valence-electron chi connectivity index (χ3n) is 11.0. The minimum absolute atomic E-state index is 0.0815. The third-order valence-corrected chi connectivity index (χ3v) is 11.0. The number of ether oxygens (including phenoxy) is 3. The number of unbranched alkanes of at least 4 members (excludes halogenated alkanes) is 25. The molecule has 0 radical (unpaired) electrons. The van der Waals surface area contributed by atoms with Gasteiger partial charge in [0, 0.05) is 19.3 Å². The van der Waals surface area contributed by atoms with Crippen molar-refractivity contribution in [3.8, 4) is 0 Å². The summed E-state index contributed by atoms with van der Waals surface area (Å²) in [6, 6.07) is 0. The normalized spacial score (nSPS) is 12.5. The number of allylic oxidation sites excluding steroid dienone is 10. The molecule has 0 saturated heterocycles. The average molecular weight is 853 g/mol. The molecule has 352 valence electrons. The first-order valence-corrected chi connectivity index (χ1v) is 25.8. The topological polar surface area (TPSA) is 78.9 Å². The highest BCUT2D eigenvalue weighted by atomic mass is 16.6. The van der Waals surface area contributed by atoms with Gasteiger partial charge in [-0.2, -0.15) is 0 Å². The number of carbonyl (C=O) groups excluding carboxylic acids is 3. The molecule has 0 aliphatic carbocycles. The zero-order valence-electron chi connectivity index (χ0n) is 40.2. The van der Waals surface area contributed by atoms with E-state index in [1.807, 2.05) is 0 Å². The molecule has 6 nitrogen and oxygen atoms in total. The van der Waals surface area contributed by atoms with E-state index in [0.29, 0.717) is 19.3 Å². The molecular formula is C55H96O6. The maximum absolute atomic E-state index is 12.8. The monoisotopic (exact) mass is 853 g/mol. The summed E-state index contributed by atoms with van der Waals surface area (Å²) in [6.07, 6.45) is 60.6. The summed E-state index contributed by atoms with van der Waals surface area (Å²) in [4.78, 5) is 37.9. The van der Waals surface area contributed by atoms with Gasteiger partial charge in [0.25, 0.3) is 0 Å². The van der Waals surface area contributed by atoms with E-state index in [1.165, 1.54) is 116 Å². The number of rotatable bonds is 46. The lowest BCUT2D eigenvalue weighted by molar-refractivity contribution is -0.167. The smallest absolute Gasteiger partial charge is 0.306 e. The van der Waals surface area contributed by atoms with Gasteiger partial charge >= 0.3 is 17.9 Å². The molecule has 0 spiro atoms. The van der Waals surface area contributed by atoms with Crippen LogP contribution in [-0.2, 0) is 28.6 Å². The Morgan fingerprint density at radius 3 is 1.00 bits per heavy atom. The first-order chi connectivity index (χ1) is 30.0. The molecule has 0 aromatic carbocycles. The van der Waals surface area contributed by atoms with Crippen molar-refractivity contribution in [2.45, 2.75) is 258 Å². The number of esters is 3. The summed E-state index contributed by atoms with van der Waals surface area (Å²) in [7, 11) is 0. The van der Waals surface area contributed by atoms with E-state index in [4.69, 9.17) is 14.2 Å². The minimum Gasteiger partial charge on any atom is -0.462 e. The van der Waals surface area contributed by atoms with Gasteiger partial charge in [0.05, 0.1) is 0 Å². The molecule has 0 rings (SSSR count). The van der Waals surface area contributed by atoms with E-state index in [1.54, 1.807) is 0 Å². The molecular weight excluding hydrogens is 757 g/mol. The molecule has 1 atom stereocenters. The van der Waals surface area contributed by atoms with Crippen molar-refractivity contribution >= 4 is 17.9 Å². The standard InChI is InChI=1S/C55H96O6/c1-4-7-10-13-16-19-22-24-25-26-27-28-29-31-34-36-39-42-45-48-54(57)60-51-52(61-55(58)49-46-43-40-37-32-21-18-15-12-9-6-3)50-59-53(56)47-44-41-38-35-33-30-23-20-17-14-11-8-5-2/h7,10,16,19,24-25,27-28,31,34,52H,4-6,8-9,11-15,17-18,20-23,26,29-30,32-33,35-51H2,1-3H3/b10-7-,19-16-,25-24-,28-27-,34-31-/t52-/m0/s1. The molecule has 0 aliphatic rings. The minimum atomic E-state index is -0.782. The SMILES string of the molecule is CC/C=C\C/C=C\C/C=C\C/C=C\C/C=C\CCCCCC(=O)OC[C@H](COC(=O)CCCCCCCCCCCCCCC)OC(=O)CCCCCCCCCCCCC. The molecule has 0 fully saturated rings. The Bertz CT molecular complexity index is 1120. The third kappa shape index (κ3) is 48.0. The van der Waals surface area contributed by atoms with E-state index in [-0.39, 0.29) is 31.1 Å². The van der Waals surface area contributed by atoms with Gasteiger partial charge in [-0.05, 0) is 64.2 Å². The highest BCUT2D eigenvalue weighted by Gasteiger charge is 2.19. The molecule has 0 aromatic heterocycles. The lowest BCUT2D eigenvalue weighted by Crippen LogP contribution is -2.30. The Morgan fingerprint density at radius 2 is 0.639 bits per heavy atom. The predicted octanol–water partition coefficient (Wildman–Crippen LogP) is 16.9. The first-order valence-electron chi connectivity index (χ1n) is 25.8. The molecule has 0 saturated carbocycles. The van der Waals surface area contributed by atoms with E-state index in [9.17, 15) is 14.4 Å². The highest BCUT2D eigenvalue weighted by molar-refractivity contribution is 5.71. The summed E-state index contributed by atoms with van der Waals surface area (Å²) in [5, 5.41) is 0. The zero-order chi connectivity index (χ0) is 44.4. The van der Waals surface area contributed by atoms with Gasteiger partial charge < -0.3 is 14.2 Å². The zero-order valence-corrected chi connectivity index (χ0v) is 40.2. The molecule has 0 heterocycles. The van der Waals surface area contributed by atoms with Crippen LogP contribution in [0.2, 0.25) is 0 Å². The van der Waals surface area contributed by atoms with Gasteiger partial charge in [0.1, 0.15) is 13.2 Å².